The smallest absolute Gasteiger partial charge is 0.475 e. The zero-order valence-corrected chi connectivity index (χ0v) is 8.64. The molecule has 1 aliphatic rings. The molecule has 1 saturated heterocycles. The number of nitrogens with zero attached hydrogens (tertiary/aromatic N) is 1. The fraction of sp³-hybridized carbons (Fsp3) is 0.875. The molecule has 4 nitrogen and oxygen atoms in total. The van der Waals surface area contributed by atoms with E-state index in [1.807, 2.05) is 0 Å². The van der Waals surface area contributed by atoms with Gasteiger partial charge < -0.3 is 15.3 Å². The number of carboxylic acids is 1. The predicted molar refractivity (Wildman–Crippen MR) is 48.7 cm³/mol. The quantitative estimate of drug-likeness (QED) is 0.688. The fourth-order valence-electron chi connectivity index (χ4n) is 1.08. The molecule has 0 aliphatic carbocycles. The lowest BCUT2D eigenvalue weighted by Crippen LogP contribution is -2.29. The summed E-state index contributed by atoms with van der Waals surface area (Å²) in [4.78, 5) is 11.2. The minimum Gasteiger partial charge on any atom is -0.475 e. The van der Waals surface area contributed by atoms with E-state index >= 15 is 0 Å². The maximum atomic E-state index is 10.6. The molecule has 2 N–H and O–H groups in total. The molecule has 7 heteroatoms. The molecule has 1 rings (SSSR count). The van der Waals surface area contributed by atoms with Gasteiger partial charge in [0.05, 0.1) is 0 Å². The first-order valence-electron chi connectivity index (χ1n) is 4.42. The third kappa shape index (κ3) is 6.29. The van der Waals surface area contributed by atoms with Gasteiger partial charge in [0, 0.05) is 12.6 Å². The van der Waals surface area contributed by atoms with E-state index in [1.165, 1.54) is 19.5 Å². The van der Waals surface area contributed by atoms with Crippen LogP contribution in [-0.4, -0.2) is 55.4 Å². The monoisotopic (exact) mass is 228 g/mol. The highest BCUT2D eigenvalue weighted by Crippen LogP contribution is 2.13. The summed E-state index contributed by atoms with van der Waals surface area (Å²) in [7, 11) is 4.27. The minimum atomic E-state index is -5.08. The van der Waals surface area contributed by atoms with Gasteiger partial charge in [0.25, 0.3) is 0 Å². The summed E-state index contributed by atoms with van der Waals surface area (Å²) in [5, 5.41) is 10.4. The lowest BCUT2D eigenvalue weighted by molar-refractivity contribution is -0.192. The molecule has 0 radical (unpaired) electrons. The van der Waals surface area contributed by atoms with E-state index < -0.39 is 12.1 Å². The van der Waals surface area contributed by atoms with Gasteiger partial charge in [-0.3, -0.25) is 0 Å². The molecule has 0 amide bonds. The lowest BCUT2D eigenvalue weighted by atomic mass is 10.2. The predicted octanol–water partition coefficient (Wildman–Crippen LogP) is 0.543. The number of halogens is 3. The van der Waals surface area contributed by atoms with Crippen LogP contribution >= 0.6 is 0 Å². The van der Waals surface area contributed by atoms with E-state index in [1.54, 1.807) is 0 Å². The SMILES string of the molecule is CN(C)[C@@H]1CCNC1.O=C(O)C(F)(F)F. The van der Waals surface area contributed by atoms with Crippen LogP contribution in [0.4, 0.5) is 13.2 Å². The van der Waals surface area contributed by atoms with E-state index in [2.05, 4.69) is 24.3 Å². The molecular formula is C8H15F3N2O2. The zero-order valence-electron chi connectivity index (χ0n) is 8.64. The Morgan fingerprint density at radius 3 is 2.07 bits per heavy atom. The van der Waals surface area contributed by atoms with Gasteiger partial charge in [-0.05, 0) is 27.1 Å². The normalized spacial score (nSPS) is 21.1. The van der Waals surface area contributed by atoms with Crippen molar-refractivity contribution in [2.24, 2.45) is 0 Å². The van der Waals surface area contributed by atoms with Gasteiger partial charge in [-0.15, -0.1) is 0 Å². The number of nitrogens with one attached hydrogen (secondary N) is 1. The average molecular weight is 228 g/mol. The van der Waals surface area contributed by atoms with Crippen molar-refractivity contribution in [3.8, 4) is 0 Å². The lowest BCUT2D eigenvalue weighted by Gasteiger charge is -2.16. The molecule has 0 aromatic carbocycles. The number of rotatable bonds is 1. The second-order valence-corrected chi connectivity index (χ2v) is 3.41. The van der Waals surface area contributed by atoms with Crippen molar-refractivity contribution in [2.75, 3.05) is 27.2 Å². The van der Waals surface area contributed by atoms with Crippen LogP contribution in [0.25, 0.3) is 0 Å². The number of carbonyl (C=O) groups is 1. The number of likely N-dealkylation sites (N-methyl/N-ethyl adjacent to an activating group) is 1. The summed E-state index contributed by atoms with van der Waals surface area (Å²) in [5.74, 6) is -2.76. The molecule has 0 bridgehead atoms. The second kappa shape index (κ2) is 5.92. The molecule has 1 fully saturated rings. The molecule has 0 unspecified atom stereocenters. The average Bonchev–Trinajstić information content (AvgIpc) is 2.54. The van der Waals surface area contributed by atoms with Crippen molar-refractivity contribution in [3.05, 3.63) is 0 Å². The Morgan fingerprint density at radius 1 is 1.47 bits per heavy atom. The van der Waals surface area contributed by atoms with Gasteiger partial charge in [-0.25, -0.2) is 4.79 Å². The molecule has 1 aliphatic heterocycles. The van der Waals surface area contributed by atoms with Crippen LogP contribution in [0.2, 0.25) is 0 Å². The van der Waals surface area contributed by atoms with Crippen molar-refractivity contribution in [1.29, 1.82) is 0 Å². The van der Waals surface area contributed by atoms with Crippen molar-refractivity contribution >= 4 is 5.97 Å². The number of alkyl halides is 3. The first-order valence-corrected chi connectivity index (χ1v) is 4.42. The summed E-state index contributed by atoms with van der Waals surface area (Å²) >= 11 is 0. The molecule has 0 saturated carbocycles. The highest BCUT2D eigenvalue weighted by Gasteiger charge is 2.38. The molecule has 1 heterocycles. The Balaban J connectivity index is 0.000000265. The molecular weight excluding hydrogens is 213 g/mol. The second-order valence-electron chi connectivity index (χ2n) is 3.41. The fourth-order valence-corrected chi connectivity index (χ4v) is 1.08. The Bertz CT molecular complexity index is 201. The molecule has 0 aromatic heterocycles. The first-order chi connectivity index (χ1) is 6.75. The maximum absolute atomic E-state index is 10.6. The highest BCUT2D eigenvalue weighted by molar-refractivity contribution is 5.73. The molecule has 0 aromatic rings. The molecule has 0 spiro atoms. The number of hydrogen-bond acceptors (Lipinski definition) is 3. The Hall–Kier alpha value is -0.820. The van der Waals surface area contributed by atoms with Gasteiger partial charge in [-0.2, -0.15) is 13.2 Å². The Morgan fingerprint density at radius 2 is 1.93 bits per heavy atom. The van der Waals surface area contributed by atoms with Crippen molar-refractivity contribution < 1.29 is 23.1 Å². The zero-order chi connectivity index (χ0) is 12.1. The highest BCUT2D eigenvalue weighted by atomic mass is 19.4. The number of hydrogen-bond donors (Lipinski definition) is 2. The topological polar surface area (TPSA) is 52.6 Å². The summed E-state index contributed by atoms with van der Waals surface area (Å²) < 4.78 is 31.7. The molecule has 90 valence electrons. The summed E-state index contributed by atoms with van der Waals surface area (Å²) in [6.07, 6.45) is -3.77. The number of carboxylic acid groups (broad SMARTS) is 1. The largest absolute Gasteiger partial charge is 0.490 e. The van der Waals surface area contributed by atoms with Gasteiger partial charge in [-0.1, -0.05) is 0 Å². The van der Waals surface area contributed by atoms with Gasteiger partial charge in [0.15, 0.2) is 0 Å². The van der Waals surface area contributed by atoms with Crippen LogP contribution < -0.4 is 5.32 Å². The van der Waals surface area contributed by atoms with Crippen LogP contribution in [0.15, 0.2) is 0 Å². The Kier molecular flexibility index (Phi) is 5.59. The van der Waals surface area contributed by atoms with E-state index in [0.29, 0.717) is 0 Å². The third-order valence-corrected chi connectivity index (χ3v) is 2.01. The summed E-state index contributed by atoms with van der Waals surface area (Å²) in [5.41, 5.74) is 0. The van der Waals surface area contributed by atoms with Crippen LogP contribution in [0.3, 0.4) is 0 Å². The van der Waals surface area contributed by atoms with Crippen LogP contribution in [-0.2, 0) is 4.79 Å². The molecule has 15 heavy (non-hydrogen) atoms. The van der Waals surface area contributed by atoms with Gasteiger partial charge in [0.2, 0.25) is 0 Å². The standard InChI is InChI=1S/C6H14N2.C2HF3O2/c1-8(2)6-3-4-7-5-6;3-2(4,5)1(6)7/h6-7H,3-5H2,1-2H3;(H,6,7)/t6-;/m1./s1. The number of aliphatic carboxylic acids is 1. The van der Waals surface area contributed by atoms with Crippen molar-refractivity contribution in [2.45, 2.75) is 18.6 Å². The third-order valence-electron chi connectivity index (χ3n) is 2.01. The van der Waals surface area contributed by atoms with Gasteiger partial charge in [0.1, 0.15) is 0 Å². The van der Waals surface area contributed by atoms with Gasteiger partial charge >= 0.3 is 12.1 Å². The van der Waals surface area contributed by atoms with E-state index in [9.17, 15) is 13.2 Å². The van der Waals surface area contributed by atoms with Crippen molar-refractivity contribution in [1.82, 2.24) is 10.2 Å². The van der Waals surface area contributed by atoms with E-state index in [-0.39, 0.29) is 0 Å². The van der Waals surface area contributed by atoms with Crippen molar-refractivity contribution in [3.63, 3.8) is 0 Å². The molecule has 1 atom stereocenters. The van der Waals surface area contributed by atoms with Crippen LogP contribution in [0, 0.1) is 0 Å². The summed E-state index contributed by atoms with van der Waals surface area (Å²) in [6.45, 7) is 2.37. The van der Waals surface area contributed by atoms with E-state index in [4.69, 9.17) is 9.90 Å². The van der Waals surface area contributed by atoms with Crippen LogP contribution in [0.5, 0.6) is 0 Å². The summed E-state index contributed by atoms with van der Waals surface area (Å²) in [6, 6.07) is 0.787. The first kappa shape index (κ1) is 14.2. The minimum absolute atomic E-state index is 0.787. The Labute approximate surface area is 86.1 Å². The van der Waals surface area contributed by atoms with E-state index in [0.717, 1.165) is 6.04 Å². The van der Waals surface area contributed by atoms with Crippen LogP contribution in [0.1, 0.15) is 6.42 Å². The maximum Gasteiger partial charge on any atom is 0.490 e.